The quantitative estimate of drug-likeness (QED) is 0.588. The average molecular weight is 375 g/mol. The molecule has 27 heavy (non-hydrogen) atoms. The lowest BCUT2D eigenvalue weighted by Crippen LogP contribution is -2.31. The summed E-state index contributed by atoms with van der Waals surface area (Å²) in [4.78, 5) is 26.9. The molecule has 5 nitrogen and oxygen atoms in total. The van der Waals surface area contributed by atoms with Crippen LogP contribution < -0.4 is 10.9 Å². The first-order valence-electron chi connectivity index (χ1n) is 8.57. The molecular weight excluding hydrogens is 358 g/mol. The van der Waals surface area contributed by atoms with E-state index in [9.17, 15) is 9.59 Å². The van der Waals surface area contributed by atoms with Crippen molar-refractivity contribution in [1.29, 1.82) is 0 Å². The predicted molar refractivity (Wildman–Crippen MR) is 108 cm³/mol. The second-order valence-electron chi connectivity index (χ2n) is 6.16. The first-order chi connectivity index (χ1) is 13.1. The van der Waals surface area contributed by atoms with E-state index in [0.717, 1.165) is 4.88 Å². The third-order valence-corrected chi connectivity index (χ3v) is 5.39. The lowest BCUT2D eigenvalue weighted by molar-refractivity contribution is 0.0935. The molecule has 4 rings (SSSR count). The largest absolute Gasteiger partial charge is 0.343 e. The SMILES string of the molecule is C[C@H](NC(=O)c1nn(-c2ccccc2)c(=O)c2ccccc12)c1cccs1. The van der Waals surface area contributed by atoms with Crippen LogP contribution in [0, 0.1) is 0 Å². The molecule has 2 aromatic carbocycles. The van der Waals surface area contributed by atoms with Gasteiger partial charge in [0.15, 0.2) is 5.69 Å². The van der Waals surface area contributed by atoms with Gasteiger partial charge < -0.3 is 5.32 Å². The Morgan fingerprint density at radius 3 is 2.41 bits per heavy atom. The van der Waals surface area contributed by atoms with E-state index in [0.29, 0.717) is 16.5 Å². The van der Waals surface area contributed by atoms with Gasteiger partial charge in [0.2, 0.25) is 0 Å². The summed E-state index contributed by atoms with van der Waals surface area (Å²) in [6.45, 7) is 1.93. The molecule has 6 heteroatoms. The maximum absolute atomic E-state index is 13.0. The van der Waals surface area contributed by atoms with Gasteiger partial charge in [-0.2, -0.15) is 9.78 Å². The molecule has 0 unspecified atom stereocenters. The molecule has 0 aliphatic heterocycles. The van der Waals surface area contributed by atoms with E-state index >= 15 is 0 Å². The Morgan fingerprint density at radius 1 is 1.00 bits per heavy atom. The number of hydrogen-bond donors (Lipinski definition) is 1. The van der Waals surface area contributed by atoms with Crippen LogP contribution in [0.25, 0.3) is 16.5 Å². The topological polar surface area (TPSA) is 64.0 Å². The summed E-state index contributed by atoms with van der Waals surface area (Å²) in [7, 11) is 0. The fraction of sp³-hybridized carbons (Fsp3) is 0.0952. The fourth-order valence-corrected chi connectivity index (χ4v) is 3.71. The number of hydrogen-bond acceptors (Lipinski definition) is 4. The van der Waals surface area contributed by atoms with Crippen LogP contribution in [0.3, 0.4) is 0 Å². The first kappa shape index (κ1) is 17.2. The van der Waals surface area contributed by atoms with E-state index < -0.39 is 0 Å². The molecule has 2 aromatic heterocycles. The van der Waals surface area contributed by atoms with Crippen molar-refractivity contribution in [2.75, 3.05) is 0 Å². The summed E-state index contributed by atoms with van der Waals surface area (Å²) in [5.41, 5.74) is 0.603. The molecule has 4 aromatic rings. The van der Waals surface area contributed by atoms with E-state index in [1.165, 1.54) is 4.68 Å². The summed E-state index contributed by atoms with van der Waals surface area (Å²) in [6, 6.07) is 20.0. The van der Waals surface area contributed by atoms with Gasteiger partial charge in [0, 0.05) is 10.3 Å². The molecule has 1 N–H and O–H groups in total. The maximum atomic E-state index is 13.0. The number of carbonyl (C=O) groups is 1. The Bertz CT molecular complexity index is 1150. The number of nitrogens with zero attached hydrogens (tertiary/aromatic N) is 2. The summed E-state index contributed by atoms with van der Waals surface area (Å²) in [5.74, 6) is -0.309. The van der Waals surface area contributed by atoms with Crippen LogP contribution in [0.1, 0.15) is 28.3 Å². The van der Waals surface area contributed by atoms with Crippen molar-refractivity contribution in [3.8, 4) is 5.69 Å². The Morgan fingerprint density at radius 2 is 1.70 bits per heavy atom. The van der Waals surface area contributed by atoms with Crippen LogP contribution in [0.5, 0.6) is 0 Å². The van der Waals surface area contributed by atoms with E-state index in [2.05, 4.69) is 10.4 Å². The van der Waals surface area contributed by atoms with Gasteiger partial charge in [-0.3, -0.25) is 9.59 Å². The van der Waals surface area contributed by atoms with Crippen LogP contribution in [0.2, 0.25) is 0 Å². The lowest BCUT2D eigenvalue weighted by Gasteiger charge is -2.14. The molecular formula is C21H17N3O2S. The number of nitrogens with one attached hydrogen (secondary N) is 1. The third-order valence-electron chi connectivity index (χ3n) is 4.34. The molecule has 0 spiro atoms. The summed E-state index contributed by atoms with van der Waals surface area (Å²) in [6.07, 6.45) is 0. The highest BCUT2D eigenvalue weighted by atomic mass is 32.1. The Kier molecular flexibility index (Phi) is 4.56. The molecule has 1 amide bonds. The molecule has 0 aliphatic rings. The molecule has 0 fully saturated rings. The van der Waals surface area contributed by atoms with Gasteiger partial charge in [-0.05, 0) is 36.6 Å². The van der Waals surface area contributed by atoms with Crippen LogP contribution in [0.4, 0.5) is 0 Å². The normalized spacial score (nSPS) is 12.0. The second-order valence-corrected chi connectivity index (χ2v) is 7.14. The number of fused-ring (bicyclic) bond motifs is 1. The van der Waals surface area contributed by atoms with Crippen molar-refractivity contribution in [2.24, 2.45) is 0 Å². The lowest BCUT2D eigenvalue weighted by atomic mass is 10.1. The highest BCUT2D eigenvalue weighted by Gasteiger charge is 2.19. The number of carbonyl (C=O) groups excluding carboxylic acids is 1. The first-order valence-corrected chi connectivity index (χ1v) is 9.45. The van der Waals surface area contributed by atoms with Gasteiger partial charge in [-0.15, -0.1) is 11.3 Å². The summed E-state index contributed by atoms with van der Waals surface area (Å²) >= 11 is 1.58. The van der Waals surface area contributed by atoms with Gasteiger partial charge in [0.1, 0.15) is 0 Å². The van der Waals surface area contributed by atoms with Gasteiger partial charge in [0.25, 0.3) is 11.5 Å². The van der Waals surface area contributed by atoms with E-state index in [1.54, 1.807) is 47.7 Å². The summed E-state index contributed by atoms with van der Waals surface area (Å²) < 4.78 is 1.28. The van der Waals surface area contributed by atoms with Gasteiger partial charge in [-0.25, -0.2) is 0 Å². The Balaban J connectivity index is 1.83. The number of rotatable bonds is 4. The van der Waals surface area contributed by atoms with Crippen molar-refractivity contribution in [1.82, 2.24) is 15.1 Å². The van der Waals surface area contributed by atoms with Crippen molar-refractivity contribution in [3.63, 3.8) is 0 Å². The van der Waals surface area contributed by atoms with E-state index in [1.807, 2.05) is 42.6 Å². The molecule has 0 saturated heterocycles. The van der Waals surface area contributed by atoms with E-state index in [4.69, 9.17) is 0 Å². The zero-order valence-corrected chi connectivity index (χ0v) is 15.4. The molecule has 2 heterocycles. The van der Waals surface area contributed by atoms with Crippen molar-refractivity contribution < 1.29 is 4.79 Å². The second kappa shape index (κ2) is 7.17. The standard InChI is InChI=1S/C21H17N3O2S/c1-14(18-12-7-13-27-18)22-20(25)19-16-10-5-6-11-17(16)21(26)24(23-19)15-8-3-2-4-9-15/h2-14H,1H3,(H,22,25)/t14-/m0/s1. The number of para-hydroxylation sites is 1. The average Bonchev–Trinajstić information content (AvgIpc) is 3.24. The van der Waals surface area contributed by atoms with Crippen LogP contribution in [-0.4, -0.2) is 15.7 Å². The molecule has 1 atom stereocenters. The van der Waals surface area contributed by atoms with Crippen molar-refractivity contribution in [2.45, 2.75) is 13.0 Å². The zero-order chi connectivity index (χ0) is 18.8. The number of amides is 1. The maximum Gasteiger partial charge on any atom is 0.279 e. The molecule has 0 saturated carbocycles. The van der Waals surface area contributed by atoms with Crippen LogP contribution >= 0.6 is 11.3 Å². The fourth-order valence-electron chi connectivity index (χ4n) is 2.98. The number of benzene rings is 2. The Labute approximate surface area is 159 Å². The minimum Gasteiger partial charge on any atom is -0.343 e. The minimum absolute atomic E-state index is 0.143. The number of thiophene rings is 1. The summed E-state index contributed by atoms with van der Waals surface area (Å²) in [5, 5.41) is 10.4. The predicted octanol–water partition coefficient (Wildman–Crippen LogP) is 3.94. The van der Waals surface area contributed by atoms with Crippen LogP contribution in [-0.2, 0) is 0 Å². The number of aromatic nitrogens is 2. The molecule has 134 valence electrons. The van der Waals surface area contributed by atoms with Crippen molar-refractivity contribution >= 4 is 28.0 Å². The van der Waals surface area contributed by atoms with Gasteiger partial charge >= 0.3 is 0 Å². The minimum atomic E-state index is -0.309. The third kappa shape index (κ3) is 3.27. The molecule has 0 aliphatic carbocycles. The highest BCUT2D eigenvalue weighted by Crippen LogP contribution is 2.20. The Hall–Kier alpha value is -3.25. The highest BCUT2D eigenvalue weighted by molar-refractivity contribution is 7.10. The molecule has 0 radical (unpaired) electrons. The molecule has 0 bridgehead atoms. The van der Waals surface area contributed by atoms with Gasteiger partial charge in [-0.1, -0.05) is 42.5 Å². The van der Waals surface area contributed by atoms with Gasteiger partial charge in [0.05, 0.1) is 17.1 Å². The monoisotopic (exact) mass is 375 g/mol. The smallest absolute Gasteiger partial charge is 0.279 e. The van der Waals surface area contributed by atoms with Crippen molar-refractivity contribution in [3.05, 3.63) is 93.0 Å². The zero-order valence-electron chi connectivity index (χ0n) is 14.6. The van der Waals surface area contributed by atoms with Crippen LogP contribution in [0.15, 0.2) is 76.9 Å². The van der Waals surface area contributed by atoms with E-state index in [-0.39, 0.29) is 23.2 Å².